The number of aromatic nitrogens is 3. The fraction of sp³-hybridized carbons (Fsp3) is 0.143. The van der Waals surface area contributed by atoms with E-state index in [1.807, 2.05) is 19.1 Å². The summed E-state index contributed by atoms with van der Waals surface area (Å²) in [6.45, 7) is 1.94. The fourth-order valence-corrected chi connectivity index (χ4v) is 2.09. The van der Waals surface area contributed by atoms with Crippen LogP contribution in [0.3, 0.4) is 0 Å². The van der Waals surface area contributed by atoms with Gasteiger partial charge in [-0.15, -0.1) is 13.2 Å². The van der Waals surface area contributed by atoms with Gasteiger partial charge < -0.3 is 0 Å². The Morgan fingerprint density at radius 3 is 2.60 bits per heavy atom. The van der Waals surface area contributed by atoms with Crippen molar-refractivity contribution < 1.29 is 13.2 Å². The van der Waals surface area contributed by atoms with E-state index >= 15 is 0 Å². The predicted octanol–water partition coefficient (Wildman–Crippen LogP) is 3.88. The molecule has 3 rings (SSSR count). The van der Waals surface area contributed by atoms with Crippen LogP contribution in [0.2, 0.25) is 0 Å². The first kappa shape index (κ1) is 12.7. The number of hydrogen-bond donors (Lipinski definition) is 0. The minimum absolute atomic E-state index is 0.0360. The van der Waals surface area contributed by atoms with Crippen molar-refractivity contribution in [3.8, 4) is 11.3 Å². The Morgan fingerprint density at radius 1 is 1.10 bits per heavy atom. The van der Waals surface area contributed by atoms with Crippen LogP contribution in [0.4, 0.5) is 13.2 Å². The number of fused-ring (bicyclic) bond motifs is 1. The van der Waals surface area contributed by atoms with Gasteiger partial charge in [0.1, 0.15) is 0 Å². The molecule has 1 aromatic carbocycles. The predicted molar refractivity (Wildman–Crippen MR) is 69.0 cm³/mol. The smallest absolute Gasteiger partial charge is 0.256 e. The van der Waals surface area contributed by atoms with Crippen molar-refractivity contribution in [1.82, 2.24) is 14.8 Å². The minimum Gasteiger partial charge on any atom is -0.256 e. The Kier molecular flexibility index (Phi) is 2.74. The maximum Gasteiger partial charge on any atom is 0.505 e. The van der Waals surface area contributed by atoms with E-state index in [0.29, 0.717) is 5.39 Å². The summed E-state index contributed by atoms with van der Waals surface area (Å²) in [4.78, 5) is 4.22. The van der Waals surface area contributed by atoms with Gasteiger partial charge in [0.15, 0.2) is 0 Å². The van der Waals surface area contributed by atoms with Crippen molar-refractivity contribution >= 4 is 10.9 Å². The Morgan fingerprint density at radius 2 is 1.90 bits per heavy atom. The second-order valence-corrected chi connectivity index (χ2v) is 4.52. The summed E-state index contributed by atoms with van der Waals surface area (Å²) >= 11 is 0. The molecule has 0 N–H and O–H groups in total. The SMILES string of the molecule is Cc1ccnc(-c2ccc3c(cnn3C(F)(F)F)c2)c1. The second-order valence-electron chi connectivity index (χ2n) is 4.52. The number of rotatable bonds is 1. The van der Waals surface area contributed by atoms with E-state index in [4.69, 9.17) is 0 Å². The Hall–Kier alpha value is -2.37. The molecule has 3 nitrogen and oxygen atoms in total. The molecule has 0 saturated heterocycles. The van der Waals surface area contributed by atoms with Crippen molar-refractivity contribution in [1.29, 1.82) is 0 Å². The molecule has 0 aliphatic carbocycles. The van der Waals surface area contributed by atoms with E-state index in [-0.39, 0.29) is 10.2 Å². The van der Waals surface area contributed by atoms with Gasteiger partial charge in [-0.3, -0.25) is 4.98 Å². The maximum atomic E-state index is 12.7. The molecule has 6 heteroatoms. The first-order valence-electron chi connectivity index (χ1n) is 5.93. The third kappa shape index (κ3) is 2.13. The molecule has 0 amide bonds. The number of benzene rings is 1. The van der Waals surface area contributed by atoms with Gasteiger partial charge in [-0.2, -0.15) is 9.78 Å². The number of aryl methyl sites for hydroxylation is 1. The van der Waals surface area contributed by atoms with E-state index in [1.165, 1.54) is 12.3 Å². The minimum atomic E-state index is -4.51. The molecular formula is C14H10F3N3. The maximum absolute atomic E-state index is 12.7. The lowest BCUT2D eigenvalue weighted by molar-refractivity contribution is -0.209. The number of alkyl halides is 3. The molecule has 0 radical (unpaired) electrons. The Bertz CT molecular complexity index is 775. The zero-order valence-corrected chi connectivity index (χ0v) is 10.5. The van der Waals surface area contributed by atoms with Gasteiger partial charge in [0, 0.05) is 17.1 Å². The van der Waals surface area contributed by atoms with Crippen LogP contribution in [0.5, 0.6) is 0 Å². The van der Waals surface area contributed by atoms with Crippen LogP contribution in [0, 0.1) is 6.92 Å². The first-order valence-corrected chi connectivity index (χ1v) is 5.93. The van der Waals surface area contributed by atoms with Gasteiger partial charge in [-0.05, 0) is 36.8 Å². The van der Waals surface area contributed by atoms with Crippen molar-refractivity contribution in [2.45, 2.75) is 13.2 Å². The molecule has 2 aromatic heterocycles. The summed E-state index contributed by atoms with van der Waals surface area (Å²) in [5.74, 6) is 0. The van der Waals surface area contributed by atoms with Crippen LogP contribution in [0.25, 0.3) is 22.2 Å². The average Bonchev–Trinajstić information content (AvgIpc) is 2.81. The summed E-state index contributed by atoms with van der Waals surface area (Å²) in [5.41, 5.74) is 2.57. The number of halogens is 3. The molecule has 0 aliphatic heterocycles. The van der Waals surface area contributed by atoms with Crippen LogP contribution in [-0.4, -0.2) is 14.8 Å². The van der Waals surface area contributed by atoms with E-state index in [0.717, 1.165) is 16.8 Å². The van der Waals surface area contributed by atoms with Crippen molar-refractivity contribution in [3.63, 3.8) is 0 Å². The van der Waals surface area contributed by atoms with E-state index in [9.17, 15) is 13.2 Å². The summed E-state index contributed by atoms with van der Waals surface area (Å²) in [6, 6.07) is 8.44. The average molecular weight is 277 g/mol. The zero-order chi connectivity index (χ0) is 14.3. The third-order valence-electron chi connectivity index (χ3n) is 3.02. The van der Waals surface area contributed by atoms with Crippen molar-refractivity contribution in [2.75, 3.05) is 0 Å². The molecule has 0 spiro atoms. The van der Waals surface area contributed by atoms with Gasteiger partial charge in [-0.25, -0.2) is 0 Å². The number of pyridine rings is 1. The van der Waals surface area contributed by atoms with Gasteiger partial charge >= 0.3 is 6.30 Å². The van der Waals surface area contributed by atoms with Gasteiger partial charge in [0.05, 0.1) is 17.4 Å². The van der Waals surface area contributed by atoms with Crippen LogP contribution in [0.15, 0.2) is 42.7 Å². The highest BCUT2D eigenvalue weighted by molar-refractivity contribution is 5.84. The molecule has 20 heavy (non-hydrogen) atoms. The van der Waals surface area contributed by atoms with Gasteiger partial charge in [0.2, 0.25) is 0 Å². The fourth-order valence-electron chi connectivity index (χ4n) is 2.09. The second kappa shape index (κ2) is 4.33. The van der Waals surface area contributed by atoms with Crippen molar-refractivity contribution in [2.24, 2.45) is 0 Å². The number of nitrogens with zero attached hydrogens (tertiary/aromatic N) is 3. The highest BCUT2D eigenvalue weighted by Gasteiger charge is 2.33. The monoisotopic (exact) mass is 277 g/mol. The molecule has 0 atom stereocenters. The van der Waals surface area contributed by atoms with Gasteiger partial charge in [-0.1, -0.05) is 6.07 Å². The lowest BCUT2D eigenvalue weighted by Crippen LogP contribution is -2.17. The normalized spacial score (nSPS) is 12.0. The molecule has 2 heterocycles. The lowest BCUT2D eigenvalue weighted by atomic mass is 10.1. The van der Waals surface area contributed by atoms with Gasteiger partial charge in [0.25, 0.3) is 0 Å². The molecule has 102 valence electrons. The van der Waals surface area contributed by atoms with Crippen LogP contribution in [0.1, 0.15) is 5.56 Å². The highest BCUT2D eigenvalue weighted by Crippen LogP contribution is 2.29. The molecule has 0 fully saturated rings. The Balaban J connectivity index is 2.13. The highest BCUT2D eigenvalue weighted by atomic mass is 19.4. The van der Waals surface area contributed by atoms with E-state index < -0.39 is 6.30 Å². The molecule has 0 aliphatic rings. The van der Waals surface area contributed by atoms with Crippen LogP contribution in [-0.2, 0) is 6.30 Å². The topological polar surface area (TPSA) is 30.7 Å². The van der Waals surface area contributed by atoms with Crippen molar-refractivity contribution in [3.05, 3.63) is 48.3 Å². The van der Waals surface area contributed by atoms with E-state index in [2.05, 4.69) is 10.1 Å². The molecule has 3 aromatic rings. The zero-order valence-electron chi connectivity index (χ0n) is 10.5. The molecule has 0 saturated carbocycles. The lowest BCUT2D eigenvalue weighted by Gasteiger charge is -2.07. The number of hydrogen-bond acceptors (Lipinski definition) is 2. The first-order chi connectivity index (χ1) is 9.45. The van der Waals surface area contributed by atoms with Crippen LogP contribution < -0.4 is 0 Å². The summed E-state index contributed by atoms with van der Waals surface area (Å²) in [6.07, 6.45) is -1.62. The summed E-state index contributed by atoms with van der Waals surface area (Å²) in [7, 11) is 0. The molecule has 0 bridgehead atoms. The summed E-state index contributed by atoms with van der Waals surface area (Å²) < 4.78 is 38.2. The van der Waals surface area contributed by atoms with E-state index in [1.54, 1.807) is 18.3 Å². The quantitative estimate of drug-likeness (QED) is 0.675. The third-order valence-corrected chi connectivity index (χ3v) is 3.02. The molecule has 0 unspecified atom stereocenters. The molecular weight excluding hydrogens is 267 g/mol. The largest absolute Gasteiger partial charge is 0.505 e. The summed E-state index contributed by atoms with van der Waals surface area (Å²) in [5, 5.41) is 3.82. The standard InChI is InChI=1S/C14H10F3N3/c1-9-4-5-18-12(6-9)10-2-3-13-11(7-10)8-19-20(13)14(15,16)17/h2-8H,1H3. The van der Waals surface area contributed by atoms with Crippen LogP contribution >= 0.6 is 0 Å². The Labute approximate surface area is 112 Å².